The molecule has 0 atom stereocenters. The molecule has 0 amide bonds. The summed E-state index contributed by atoms with van der Waals surface area (Å²) >= 11 is 0.413. The summed E-state index contributed by atoms with van der Waals surface area (Å²) < 4.78 is 0.814. The summed E-state index contributed by atoms with van der Waals surface area (Å²) in [6.07, 6.45) is 0. The molecule has 0 spiro atoms. The Hall–Kier alpha value is -0.791. The minimum atomic E-state index is 0.413. The maximum atomic E-state index is 7.70. The number of nitrogens with one attached hydrogen (secondary N) is 1. The monoisotopic (exact) mass is 226 g/mol. The van der Waals surface area contributed by atoms with Crippen LogP contribution in [0.3, 0.4) is 0 Å². The van der Waals surface area contributed by atoms with Crippen molar-refractivity contribution in [1.82, 2.24) is 0 Å². The fourth-order valence-corrected chi connectivity index (χ4v) is 2.99. The summed E-state index contributed by atoms with van der Waals surface area (Å²) in [6, 6.07) is 10.2. The molecule has 0 saturated carbocycles. The zero-order valence-electron chi connectivity index (χ0n) is 6.66. The molecule has 1 aromatic carbocycles. The van der Waals surface area contributed by atoms with Crippen molar-refractivity contribution in [1.29, 1.82) is 5.41 Å². The van der Waals surface area contributed by atoms with Crippen molar-refractivity contribution in [2.24, 2.45) is 0 Å². The van der Waals surface area contributed by atoms with E-state index < -0.39 is 0 Å². The van der Waals surface area contributed by atoms with Gasteiger partial charge in [0.15, 0.2) is 0 Å². The predicted octanol–water partition coefficient (Wildman–Crippen LogP) is 1.56. The molecule has 1 heterocycles. The Balaban J connectivity index is 2.25. The molecule has 1 fully saturated rings. The number of para-hydroxylation sites is 1. The van der Waals surface area contributed by atoms with E-state index in [1.165, 1.54) is 11.0 Å². The van der Waals surface area contributed by atoms with E-state index in [0.29, 0.717) is 15.0 Å². The van der Waals surface area contributed by atoms with Gasteiger partial charge in [0.25, 0.3) is 0 Å². The van der Waals surface area contributed by atoms with Gasteiger partial charge < -0.3 is 0 Å². The van der Waals surface area contributed by atoms with E-state index in [1.54, 1.807) is 0 Å². The zero-order chi connectivity index (χ0) is 8.39. The quantitative estimate of drug-likeness (QED) is 0.721. The molecule has 12 heavy (non-hydrogen) atoms. The first-order valence-electron chi connectivity index (χ1n) is 3.92. The third-order valence-corrected chi connectivity index (χ3v) is 3.71. The molecule has 1 aliphatic rings. The van der Waals surface area contributed by atoms with E-state index >= 15 is 0 Å². The molecule has 0 aromatic heterocycles. The number of anilines is 1. The average molecular weight is 225 g/mol. The second-order valence-electron chi connectivity index (χ2n) is 2.64. The van der Waals surface area contributed by atoms with Gasteiger partial charge >= 0.3 is 77.9 Å². The van der Waals surface area contributed by atoms with Crippen LogP contribution in [0.4, 0.5) is 5.69 Å². The summed E-state index contributed by atoms with van der Waals surface area (Å²) in [5.41, 5.74) is 1.17. The standard InChI is InChI=1S/C9H10N2Se/c10-9-11(6-7-12-9)8-4-2-1-3-5-8/h1-5,10H,6-7H2. The Morgan fingerprint density at radius 1 is 1.25 bits per heavy atom. The van der Waals surface area contributed by atoms with Gasteiger partial charge in [-0.2, -0.15) is 0 Å². The van der Waals surface area contributed by atoms with Crippen molar-refractivity contribution >= 4 is 25.4 Å². The van der Waals surface area contributed by atoms with Crippen molar-refractivity contribution < 1.29 is 0 Å². The van der Waals surface area contributed by atoms with E-state index in [0.717, 1.165) is 11.3 Å². The Morgan fingerprint density at radius 2 is 2.00 bits per heavy atom. The van der Waals surface area contributed by atoms with Gasteiger partial charge in [0.05, 0.1) is 0 Å². The van der Waals surface area contributed by atoms with Crippen LogP contribution < -0.4 is 4.90 Å². The van der Waals surface area contributed by atoms with Crippen molar-refractivity contribution in [3.05, 3.63) is 30.3 Å². The fourth-order valence-electron chi connectivity index (χ4n) is 1.27. The summed E-state index contributed by atoms with van der Waals surface area (Å²) in [5.74, 6) is 0. The predicted molar refractivity (Wildman–Crippen MR) is 52.1 cm³/mol. The van der Waals surface area contributed by atoms with Gasteiger partial charge in [0.1, 0.15) is 0 Å². The molecule has 1 aromatic rings. The number of hydrogen-bond acceptors (Lipinski definition) is 1. The van der Waals surface area contributed by atoms with Crippen LogP contribution in [-0.4, -0.2) is 26.2 Å². The number of nitrogens with zero attached hydrogens (tertiary/aromatic N) is 1. The molecule has 0 unspecified atom stereocenters. The van der Waals surface area contributed by atoms with E-state index in [9.17, 15) is 0 Å². The topological polar surface area (TPSA) is 27.1 Å². The van der Waals surface area contributed by atoms with Gasteiger partial charge in [0, 0.05) is 0 Å². The van der Waals surface area contributed by atoms with E-state index in [1.807, 2.05) is 18.2 Å². The molecule has 2 rings (SSSR count). The second kappa shape index (κ2) is 3.30. The van der Waals surface area contributed by atoms with E-state index in [2.05, 4.69) is 17.0 Å². The van der Waals surface area contributed by atoms with Crippen LogP contribution in [-0.2, 0) is 0 Å². The van der Waals surface area contributed by atoms with E-state index in [-0.39, 0.29) is 0 Å². The second-order valence-corrected chi connectivity index (χ2v) is 4.91. The first kappa shape index (κ1) is 7.84. The van der Waals surface area contributed by atoms with Crippen LogP contribution in [0, 0.1) is 5.41 Å². The van der Waals surface area contributed by atoms with Gasteiger partial charge in [-0.25, -0.2) is 0 Å². The van der Waals surface area contributed by atoms with E-state index in [4.69, 9.17) is 5.41 Å². The molecule has 1 saturated heterocycles. The maximum absolute atomic E-state index is 7.70. The summed E-state index contributed by atoms with van der Waals surface area (Å²) in [7, 11) is 0. The Labute approximate surface area is 78.2 Å². The zero-order valence-corrected chi connectivity index (χ0v) is 8.37. The third-order valence-electron chi connectivity index (χ3n) is 1.87. The molecular formula is C9H10N2Se. The van der Waals surface area contributed by atoms with Crippen LogP contribution in [0.15, 0.2) is 30.3 Å². The molecule has 1 aliphatic heterocycles. The summed E-state index contributed by atoms with van der Waals surface area (Å²) in [4.78, 5) is 2.10. The normalized spacial score (nSPS) is 17.0. The first-order valence-corrected chi connectivity index (χ1v) is 5.98. The number of rotatable bonds is 1. The SMILES string of the molecule is N=C1[Se]CCN1c1ccccc1. The first-order chi connectivity index (χ1) is 5.88. The Bertz CT molecular complexity index is 284. The summed E-state index contributed by atoms with van der Waals surface area (Å²) in [5, 5.41) is 8.88. The fraction of sp³-hybridized carbons (Fsp3) is 0.222. The van der Waals surface area contributed by atoms with Crippen LogP contribution in [0.1, 0.15) is 0 Å². The van der Waals surface area contributed by atoms with Crippen LogP contribution in [0.25, 0.3) is 0 Å². The molecule has 0 radical (unpaired) electrons. The number of amidine groups is 1. The van der Waals surface area contributed by atoms with Gasteiger partial charge in [-0.1, -0.05) is 0 Å². The van der Waals surface area contributed by atoms with Gasteiger partial charge in [-0.15, -0.1) is 0 Å². The molecule has 62 valence electrons. The summed E-state index contributed by atoms with van der Waals surface area (Å²) in [6.45, 7) is 1.03. The van der Waals surface area contributed by atoms with Crippen LogP contribution >= 0.6 is 0 Å². The molecule has 3 heteroatoms. The minimum absolute atomic E-state index is 0.413. The Morgan fingerprint density at radius 3 is 2.58 bits per heavy atom. The van der Waals surface area contributed by atoms with Gasteiger partial charge in [-0.3, -0.25) is 0 Å². The molecular weight excluding hydrogens is 215 g/mol. The third kappa shape index (κ3) is 1.38. The molecule has 0 aliphatic carbocycles. The molecule has 1 N–H and O–H groups in total. The van der Waals surface area contributed by atoms with Crippen molar-refractivity contribution in [3.63, 3.8) is 0 Å². The Kier molecular flexibility index (Phi) is 2.15. The van der Waals surface area contributed by atoms with Crippen LogP contribution in [0.2, 0.25) is 5.32 Å². The number of hydrogen-bond donors (Lipinski definition) is 1. The van der Waals surface area contributed by atoms with Gasteiger partial charge in [0.2, 0.25) is 0 Å². The van der Waals surface area contributed by atoms with Crippen LogP contribution in [0.5, 0.6) is 0 Å². The van der Waals surface area contributed by atoms with Crippen molar-refractivity contribution in [2.75, 3.05) is 11.4 Å². The van der Waals surface area contributed by atoms with Gasteiger partial charge in [-0.05, 0) is 0 Å². The van der Waals surface area contributed by atoms with Crippen molar-refractivity contribution in [3.8, 4) is 0 Å². The van der Waals surface area contributed by atoms with Crippen molar-refractivity contribution in [2.45, 2.75) is 5.32 Å². The molecule has 2 nitrogen and oxygen atoms in total. The average Bonchev–Trinajstić information content (AvgIpc) is 2.53. The molecule has 0 bridgehead atoms. The number of benzene rings is 1.